The second-order valence-electron chi connectivity index (χ2n) is 9.43. The summed E-state index contributed by atoms with van der Waals surface area (Å²) in [6.07, 6.45) is 2.12. The molecule has 1 aromatic heterocycles. The van der Waals surface area contributed by atoms with Gasteiger partial charge in [0.1, 0.15) is 0 Å². The summed E-state index contributed by atoms with van der Waals surface area (Å²) in [5.74, 6) is 0.611. The Morgan fingerprint density at radius 3 is 2.50 bits per heavy atom. The van der Waals surface area contributed by atoms with Crippen LogP contribution in [0.25, 0.3) is 10.2 Å². The van der Waals surface area contributed by atoms with Gasteiger partial charge in [-0.15, -0.1) is 11.3 Å². The molecule has 1 N–H and O–H groups in total. The molecule has 0 aliphatic carbocycles. The van der Waals surface area contributed by atoms with Gasteiger partial charge in [-0.05, 0) is 50.6 Å². The number of hydrogen-bond donors (Lipinski definition) is 1. The molecule has 0 unspecified atom stereocenters. The van der Waals surface area contributed by atoms with Crippen LogP contribution in [-0.2, 0) is 9.53 Å². The van der Waals surface area contributed by atoms with Crippen molar-refractivity contribution in [3.05, 3.63) is 65.2 Å². The molecular weight excluding hydrogens is 444 g/mol. The highest BCUT2D eigenvalue weighted by atomic mass is 32.1. The molecule has 7 heteroatoms. The van der Waals surface area contributed by atoms with Crippen molar-refractivity contribution in [2.75, 3.05) is 45.9 Å². The number of carbonyl (C=O) groups is 1. The molecule has 2 aliphatic heterocycles. The number of nitrogens with zero attached hydrogens (tertiary/aromatic N) is 3. The van der Waals surface area contributed by atoms with Crippen LogP contribution in [0.5, 0.6) is 0 Å². The monoisotopic (exact) mass is 478 g/mol. The Balaban J connectivity index is 1.16. The number of para-hydroxylation sites is 1. The molecule has 0 bridgehead atoms. The Morgan fingerprint density at radius 2 is 1.76 bits per heavy atom. The molecule has 5 rings (SSSR count). The summed E-state index contributed by atoms with van der Waals surface area (Å²) < 4.78 is 6.83. The van der Waals surface area contributed by atoms with Crippen molar-refractivity contribution in [2.24, 2.45) is 0 Å². The minimum Gasteiger partial charge on any atom is -0.379 e. The van der Waals surface area contributed by atoms with Gasteiger partial charge in [-0.1, -0.05) is 42.5 Å². The van der Waals surface area contributed by atoms with E-state index in [1.807, 2.05) is 17.4 Å². The van der Waals surface area contributed by atoms with Gasteiger partial charge in [0.05, 0.1) is 41.0 Å². The molecule has 0 spiro atoms. The fourth-order valence-corrected chi connectivity index (χ4v) is 6.44. The zero-order chi connectivity index (χ0) is 23.3. The second kappa shape index (κ2) is 11.0. The van der Waals surface area contributed by atoms with Gasteiger partial charge in [-0.2, -0.15) is 0 Å². The largest absolute Gasteiger partial charge is 0.379 e. The van der Waals surface area contributed by atoms with E-state index in [-0.39, 0.29) is 18.0 Å². The lowest BCUT2D eigenvalue weighted by molar-refractivity contribution is -0.123. The van der Waals surface area contributed by atoms with Gasteiger partial charge in [-0.3, -0.25) is 14.6 Å². The molecule has 1 amide bonds. The first-order valence-corrected chi connectivity index (χ1v) is 13.2. The number of rotatable bonds is 7. The lowest BCUT2D eigenvalue weighted by Crippen LogP contribution is -2.50. The Hall–Kier alpha value is -2.32. The number of benzene rings is 2. The minimum atomic E-state index is 0.0216. The van der Waals surface area contributed by atoms with Crippen molar-refractivity contribution in [1.29, 1.82) is 0 Å². The Bertz CT molecular complexity index is 1040. The van der Waals surface area contributed by atoms with Crippen LogP contribution in [0.3, 0.4) is 0 Å². The second-order valence-corrected chi connectivity index (χ2v) is 10.5. The number of ether oxygens (including phenoxy) is 1. The van der Waals surface area contributed by atoms with E-state index in [0.717, 1.165) is 57.8 Å². The quantitative estimate of drug-likeness (QED) is 0.555. The van der Waals surface area contributed by atoms with Crippen LogP contribution in [0.15, 0.2) is 54.6 Å². The molecule has 2 atom stereocenters. The van der Waals surface area contributed by atoms with Crippen molar-refractivity contribution in [2.45, 2.75) is 37.8 Å². The Kier molecular flexibility index (Phi) is 7.54. The number of nitrogens with one attached hydrogen (secondary N) is 1. The van der Waals surface area contributed by atoms with Crippen molar-refractivity contribution in [3.63, 3.8) is 0 Å². The fraction of sp³-hybridized carbons (Fsp3) is 0.481. The third-order valence-electron chi connectivity index (χ3n) is 7.06. The lowest BCUT2D eigenvalue weighted by Gasteiger charge is -2.38. The number of thiazole rings is 1. The van der Waals surface area contributed by atoms with Crippen LogP contribution < -0.4 is 5.32 Å². The third-order valence-corrected chi connectivity index (χ3v) is 8.26. The van der Waals surface area contributed by atoms with Gasteiger partial charge >= 0.3 is 0 Å². The van der Waals surface area contributed by atoms with Gasteiger partial charge in [0, 0.05) is 25.0 Å². The first kappa shape index (κ1) is 23.4. The number of piperidine rings is 1. The van der Waals surface area contributed by atoms with Crippen LogP contribution in [0.2, 0.25) is 0 Å². The topological polar surface area (TPSA) is 57.7 Å². The average Bonchev–Trinajstić information content (AvgIpc) is 3.30. The Labute approximate surface area is 205 Å². The van der Waals surface area contributed by atoms with Crippen LogP contribution in [-0.4, -0.2) is 72.7 Å². The molecule has 180 valence electrons. The first-order chi connectivity index (χ1) is 16.7. The maximum atomic E-state index is 13.0. The van der Waals surface area contributed by atoms with E-state index in [2.05, 4.69) is 70.6 Å². The van der Waals surface area contributed by atoms with Crippen molar-refractivity contribution in [3.8, 4) is 0 Å². The number of morpholine rings is 1. The molecule has 0 radical (unpaired) electrons. The normalized spacial score (nSPS) is 20.3. The molecule has 0 saturated carbocycles. The number of amides is 1. The van der Waals surface area contributed by atoms with E-state index >= 15 is 0 Å². The van der Waals surface area contributed by atoms with Gasteiger partial charge in [0.2, 0.25) is 5.91 Å². The van der Waals surface area contributed by atoms with E-state index < -0.39 is 0 Å². The molecule has 2 aromatic carbocycles. The van der Waals surface area contributed by atoms with Crippen molar-refractivity contribution < 1.29 is 9.53 Å². The van der Waals surface area contributed by atoms with Crippen molar-refractivity contribution in [1.82, 2.24) is 20.1 Å². The van der Waals surface area contributed by atoms with Gasteiger partial charge in [-0.25, -0.2) is 4.98 Å². The average molecular weight is 479 g/mol. The summed E-state index contributed by atoms with van der Waals surface area (Å²) >= 11 is 1.82. The van der Waals surface area contributed by atoms with Crippen molar-refractivity contribution >= 4 is 27.5 Å². The summed E-state index contributed by atoms with van der Waals surface area (Å²) in [6.45, 7) is 7.73. The van der Waals surface area contributed by atoms with Crippen LogP contribution in [0, 0.1) is 0 Å². The van der Waals surface area contributed by atoms with Gasteiger partial charge in [0.25, 0.3) is 0 Å². The van der Waals surface area contributed by atoms with Crippen LogP contribution in [0.1, 0.15) is 42.3 Å². The predicted molar refractivity (Wildman–Crippen MR) is 137 cm³/mol. The number of aromatic nitrogens is 1. The summed E-state index contributed by atoms with van der Waals surface area (Å²) in [7, 11) is 0. The SMILES string of the molecule is C[C@@H](NC(=O)CN1CCC(c2nc3ccccc3s2)CC1)[C@H](c1ccccc1)N1CCOCC1. The van der Waals surface area contributed by atoms with Crippen LogP contribution >= 0.6 is 11.3 Å². The van der Waals surface area contributed by atoms with Gasteiger partial charge in [0.15, 0.2) is 0 Å². The number of fused-ring (bicyclic) bond motifs is 1. The highest BCUT2D eigenvalue weighted by molar-refractivity contribution is 7.18. The third kappa shape index (κ3) is 5.49. The van der Waals surface area contributed by atoms with E-state index in [1.54, 1.807) is 0 Å². The zero-order valence-electron chi connectivity index (χ0n) is 19.9. The highest BCUT2D eigenvalue weighted by Crippen LogP contribution is 2.33. The fourth-order valence-electron chi connectivity index (χ4n) is 5.31. The van der Waals surface area contributed by atoms with Gasteiger partial charge < -0.3 is 10.1 Å². The molecule has 2 fully saturated rings. The zero-order valence-corrected chi connectivity index (χ0v) is 20.7. The minimum absolute atomic E-state index is 0.0216. The highest BCUT2D eigenvalue weighted by Gasteiger charge is 2.30. The molecule has 2 saturated heterocycles. The maximum absolute atomic E-state index is 13.0. The Morgan fingerprint density at radius 1 is 1.06 bits per heavy atom. The molecule has 2 aliphatic rings. The lowest BCUT2D eigenvalue weighted by atomic mass is 9.97. The van der Waals surface area contributed by atoms with E-state index in [9.17, 15) is 4.79 Å². The summed E-state index contributed by atoms with van der Waals surface area (Å²) in [6, 6.07) is 19.1. The number of carbonyl (C=O) groups excluding carboxylic acids is 1. The molecular formula is C27H34N4O2S. The number of hydrogen-bond acceptors (Lipinski definition) is 6. The number of likely N-dealkylation sites (tertiary alicyclic amines) is 1. The smallest absolute Gasteiger partial charge is 0.234 e. The summed E-state index contributed by atoms with van der Waals surface area (Å²) in [4.78, 5) is 22.6. The standard InChI is InChI=1S/C27H34N4O2S/c1-20(26(21-7-3-2-4-8-21)31-15-17-33-18-16-31)28-25(32)19-30-13-11-22(12-14-30)27-29-23-9-5-6-10-24(23)34-27/h2-10,20,22,26H,11-19H2,1H3,(H,28,32)/t20-,26-/m1/s1. The summed E-state index contributed by atoms with van der Waals surface area (Å²) in [5.41, 5.74) is 2.35. The summed E-state index contributed by atoms with van der Waals surface area (Å²) in [5, 5.41) is 4.56. The molecule has 34 heavy (non-hydrogen) atoms. The predicted octanol–water partition coefficient (Wildman–Crippen LogP) is 4.05. The molecule has 6 nitrogen and oxygen atoms in total. The molecule has 3 heterocycles. The maximum Gasteiger partial charge on any atom is 0.234 e. The first-order valence-electron chi connectivity index (χ1n) is 12.4. The van der Waals surface area contributed by atoms with Crippen LogP contribution in [0.4, 0.5) is 0 Å². The molecule has 3 aromatic rings. The van der Waals surface area contributed by atoms with E-state index in [1.165, 1.54) is 15.3 Å². The van der Waals surface area contributed by atoms with E-state index in [4.69, 9.17) is 9.72 Å². The van der Waals surface area contributed by atoms with E-state index in [0.29, 0.717) is 12.5 Å².